The molecule has 0 unspecified atom stereocenters. The summed E-state index contributed by atoms with van der Waals surface area (Å²) in [6.07, 6.45) is 8.04. The zero-order chi connectivity index (χ0) is 21.6. The maximum absolute atomic E-state index is 12.7. The number of anilines is 1. The molecule has 0 atom stereocenters. The molecule has 5 rings (SSSR count). The van der Waals surface area contributed by atoms with E-state index in [2.05, 4.69) is 5.32 Å². The number of hydrogen-bond donors (Lipinski definition) is 1. The van der Waals surface area contributed by atoms with Gasteiger partial charge in [-0.05, 0) is 37.8 Å². The zero-order valence-corrected chi connectivity index (χ0v) is 17.2. The Kier molecular flexibility index (Phi) is 4.83. The van der Waals surface area contributed by atoms with Crippen molar-refractivity contribution in [2.45, 2.75) is 69.6 Å². The minimum absolute atomic E-state index is 0.262. The van der Waals surface area contributed by atoms with E-state index in [1.54, 1.807) is 18.2 Å². The molecule has 1 aromatic rings. The van der Waals surface area contributed by atoms with Crippen molar-refractivity contribution in [2.24, 2.45) is 0 Å². The molecule has 1 spiro atoms. The molecule has 164 valence electrons. The summed E-state index contributed by atoms with van der Waals surface area (Å²) in [5.41, 5.74) is 0.469. The number of carbonyl (C=O) groups is 4. The molecule has 2 aliphatic carbocycles. The first-order chi connectivity index (χ1) is 15.0. The Bertz CT molecular complexity index is 949. The number of hydrogen-bond acceptors (Lipinski definition) is 6. The summed E-state index contributed by atoms with van der Waals surface area (Å²) in [5, 5.41) is 2.68. The number of nitrogens with one attached hydrogen (secondary N) is 1. The molecule has 9 heteroatoms. The summed E-state index contributed by atoms with van der Waals surface area (Å²) in [6, 6.07) is 4.13. The van der Waals surface area contributed by atoms with Crippen LogP contribution < -0.4 is 14.8 Å². The second kappa shape index (κ2) is 7.55. The first-order valence-electron chi connectivity index (χ1n) is 11.0. The van der Waals surface area contributed by atoms with Crippen molar-refractivity contribution in [1.82, 2.24) is 9.80 Å². The van der Waals surface area contributed by atoms with Crippen molar-refractivity contribution in [1.29, 1.82) is 0 Å². The molecular weight excluding hydrogens is 402 g/mol. The standard InChI is InChI=1S/C22H25N3O6/c26-18(13-24-19(27)20(28)25(21(24)29)15-6-2-1-3-7-15)23-14-8-9-16-17(12-14)31-22(30-16)10-4-5-11-22/h8-9,12,15H,1-7,10-11,13H2,(H,23,26). The fraction of sp³-hybridized carbons (Fsp3) is 0.545. The van der Waals surface area contributed by atoms with Crippen LogP contribution in [0.1, 0.15) is 57.8 Å². The van der Waals surface area contributed by atoms with Crippen molar-refractivity contribution in [2.75, 3.05) is 11.9 Å². The fourth-order valence-electron chi connectivity index (χ4n) is 4.96. The van der Waals surface area contributed by atoms with Crippen LogP contribution in [0.5, 0.6) is 11.5 Å². The van der Waals surface area contributed by atoms with Crippen LogP contribution in [-0.4, -0.2) is 51.9 Å². The molecule has 31 heavy (non-hydrogen) atoms. The number of imide groups is 2. The maximum Gasteiger partial charge on any atom is 0.334 e. The number of urea groups is 1. The van der Waals surface area contributed by atoms with Crippen LogP contribution in [0.3, 0.4) is 0 Å². The summed E-state index contributed by atoms with van der Waals surface area (Å²) < 4.78 is 12.0. The summed E-state index contributed by atoms with van der Waals surface area (Å²) >= 11 is 0. The molecule has 0 aromatic heterocycles. The van der Waals surface area contributed by atoms with Crippen LogP contribution in [0.2, 0.25) is 0 Å². The van der Waals surface area contributed by atoms with Crippen molar-refractivity contribution in [3.63, 3.8) is 0 Å². The Morgan fingerprint density at radius 3 is 2.42 bits per heavy atom. The lowest BCUT2D eigenvalue weighted by Gasteiger charge is -2.28. The number of ether oxygens (including phenoxy) is 2. The predicted octanol–water partition coefficient (Wildman–Crippen LogP) is 2.79. The SMILES string of the molecule is O=C(CN1C(=O)C(=O)N(C2CCCCC2)C1=O)Nc1ccc2c(c1)OC1(CCCC1)O2. The molecule has 9 nitrogen and oxygen atoms in total. The highest BCUT2D eigenvalue weighted by Crippen LogP contribution is 2.47. The Labute approximate surface area is 179 Å². The fourth-order valence-corrected chi connectivity index (χ4v) is 4.96. The summed E-state index contributed by atoms with van der Waals surface area (Å²) in [4.78, 5) is 51.7. The molecule has 0 radical (unpaired) electrons. The lowest BCUT2D eigenvalue weighted by molar-refractivity contribution is -0.144. The lowest BCUT2D eigenvalue weighted by Crippen LogP contribution is -2.43. The number of benzene rings is 1. The molecule has 4 aliphatic rings. The van der Waals surface area contributed by atoms with Gasteiger partial charge >= 0.3 is 17.8 Å². The third kappa shape index (κ3) is 3.51. The number of carbonyl (C=O) groups excluding carboxylic acids is 4. The van der Waals surface area contributed by atoms with Gasteiger partial charge in [-0.2, -0.15) is 0 Å². The van der Waals surface area contributed by atoms with Crippen molar-refractivity contribution >= 4 is 29.4 Å². The van der Waals surface area contributed by atoms with Crippen LogP contribution in [0.25, 0.3) is 0 Å². The largest absolute Gasteiger partial charge is 0.448 e. The number of amides is 5. The molecule has 2 aliphatic heterocycles. The van der Waals surface area contributed by atoms with Gasteiger partial charge in [-0.3, -0.25) is 19.3 Å². The van der Waals surface area contributed by atoms with Crippen LogP contribution in [0.4, 0.5) is 10.5 Å². The second-order valence-corrected chi connectivity index (χ2v) is 8.67. The van der Waals surface area contributed by atoms with E-state index in [9.17, 15) is 19.2 Å². The van der Waals surface area contributed by atoms with E-state index >= 15 is 0 Å². The van der Waals surface area contributed by atoms with Crippen LogP contribution >= 0.6 is 0 Å². The van der Waals surface area contributed by atoms with Gasteiger partial charge in [-0.1, -0.05) is 19.3 Å². The highest BCUT2D eigenvalue weighted by atomic mass is 16.7. The van der Waals surface area contributed by atoms with Gasteiger partial charge in [-0.15, -0.1) is 0 Å². The second-order valence-electron chi connectivity index (χ2n) is 8.67. The quantitative estimate of drug-likeness (QED) is 0.585. The van der Waals surface area contributed by atoms with Gasteiger partial charge < -0.3 is 14.8 Å². The van der Waals surface area contributed by atoms with Gasteiger partial charge in [-0.25, -0.2) is 9.69 Å². The Morgan fingerprint density at radius 1 is 0.968 bits per heavy atom. The molecule has 2 heterocycles. The monoisotopic (exact) mass is 427 g/mol. The minimum atomic E-state index is -0.945. The van der Waals surface area contributed by atoms with Gasteiger partial charge in [0.1, 0.15) is 6.54 Å². The average Bonchev–Trinajstić information content (AvgIpc) is 3.42. The van der Waals surface area contributed by atoms with Crippen LogP contribution in [0, 0.1) is 0 Å². The normalized spacial score (nSPS) is 22.6. The first kappa shape index (κ1) is 19.8. The molecule has 2 saturated carbocycles. The molecular formula is C22H25N3O6. The molecule has 0 bridgehead atoms. The van der Waals surface area contributed by atoms with Crippen molar-refractivity contribution in [3.05, 3.63) is 18.2 Å². The Morgan fingerprint density at radius 2 is 1.68 bits per heavy atom. The van der Waals surface area contributed by atoms with E-state index < -0.39 is 36.1 Å². The van der Waals surface area contributed by atoms with Gasteiger partial charge in [0.05, 0.1) is 0 Å². The topological polar surface area (TPSA) is 105 Å². The van der Waals surface area contributed by atoms with E-state index in [4.69, 9.17) is 9.47 Å². The average molecular weight is 427 g/mol. The highest BCUT2D eigenvalue weighted by molar-refractivity contribution is 6.45. The number of nitrogens with zero attached hydrogens (tertiary/aromatic N) is 2. The van der Waals surface area contributed by atoms with Crippen molar-refractivity contribution in [3.8, 4) is 11.5 Å². The van der Waals surface area contributed by atoms with Gasteiger partial charge in [0, 0.05) is 30.6 Å². The van der Waals surface area contributed by atoms with Crippen LogP contribution in [0.15, 0.2) is 18.2 Å². The minimum Gasteiger partial charge on any atom is -0.448 e. The van der Waals surface area contributed by atoms with E-state index in [0.29, 0.717) is 30.0 Å². The van der Waals surface area contributed by atoms with Crippen molar-refractivity contribution < 1.29 is 28.7 Å². The maximum atomic E-state index is 12.7. The molecule has 5 amide bonds. The highest BCUT2D eigenvalue weighted by Gasteiger charge is 2.48. The van der Waals surface area contributed by atoms with E-state index in [1.807, 2.05) is 0 Å². The predicted molar refractivity (Wildman–Crippen MR) is 108 cm³/mol. The zero-order valence-electron chi connectivity index (χ0n) is 17.2. The third-order valence-electron chi connectivity index (χ3n) is 6.51. The summed E-state index contributed by atoms with van der Waals surface area (Å²) in [6.45, 7) is -0.509. The van der Waals surface area contributed by atoms with Gasteiger partial charge in [0.25, 0.3) is 5.79 Å². The van der Waals surface area contributed by atoms with E-state index in [1.165, 1.54) is 0 Å². The molecule has 1 saturated heterocycles. The van der Waals surface area contributed by atoms with Crippen LogP contribution in [-0.2, 0) is 14.4 Å². The van der Waals surface area contributed by atoms with Gasteiger partial charge in [0.15, 0.2) is 11.5 Å². The Hall–Kier alpha value is -3.10. The molecule has 3 fully saturated rings. The number of fused-ring (bicyclic) bond motifs is 1. The Balaban J connectivity index is 1.23. The smallest absolute Gasteiger partial charge is 0.334 e. The lowest BCUT2D eigenvalue weighted by atomic mass is 9.94. The number of rotatable bonds is 4. The summed E-state index contributed by atoms with van der Waals surface area (Å²) in [5.74, 6) is -1.74. The van der Waals surface area contributed by atoms with Gasteiger partial charge in [0.2, 0.25) is 5.91 Å². The third-order valence-corrected chi connectivity index (χ3v) is 6.51. The van der Waals surface area contributed by atoms with E-state index in [-0.39, 0.29) is 6.04 Å². The summed E-state index contributed by atoms with van der Waals surface area (Å²) in [7, 11) is 0. The first-order valence-corrected chi connectivity index (χ1v) is 11.0. The molecule has 1 aromatic carbocycles. The van der Waals surface area contributed by atoms with E-state index in [0.717, 1.165) is 54.7 Å². The molecule has 1 N–H and O–H groups in total.